The summed E-state index contributed by atoms with van der Waals surface area (Å²) in [6.07, 6.45) is 1.91. The molecule has 2 rings (SSSR count). The molecule has 0 aliphatic heterocycles. The van der Waals surface area contributed by atoms with Crippen LogP contribution in [-0.2, 0) is 22.0 Å². The van der Waals surface area contributed by atoms with Crippen molar-refractivity contribution < 1.29 is 17.9 Å². The smallest absolute Gasteiger partial charge is 0.283 e. The zero-order valence-electron chi connectivity index (χ0n) is 17.2. The topological polar surface area (TPSA) is 89.8 Å². The number of benzene rings is 1. The standard InChI is InChI=1S/C19H26ClN3O4S2/c1-6-29(25,26)21-9-10-23-12-16(19(2,3)4)28-18(23)22-17(24)14-11-13(20)7-8-15(14)27-5/h7-8,11-12,21H,6,9-10H2,1-5H3/b22-18-. The molecule has 7 nitrogen and oxygen atoms in total. The largest absolute Gasteiger partial charge is 0.496 e. The van der Waals surface area contributed by atoms with Gasteiger partial charge in [0.15, 0.2) is 4.80 Å². The van der Waals surface area contributed by atoms with Crippen LogP contribution >= 0.6 is 22.9 Å². The highest BCUT2D eigenvalue weighted by Crippen LogP contribution is 2.25. The normalized spacial score (nSPS) is 13.0. The number of carbonyl (C=O) groups excluding carboxylic acids is 1. The lowest BCUT2D eigenvalue weighted by molar-refractivity contribution is 0.0995. The average molecular weight is 460 g/mol. The van der Waals surface area contributed by atoms with E-state index in [0.717, 1.165) is 4.88 Å². The summed E-state index contributed by atoms with van der Waals surface area (Å²) in [4.78, 5) is 18.6. The lowest BCUT2D eigenvalue weighted by atomic mass is 9.95. The maximum atomic E-state index is 12.8. The van der Waals surface area contributed by atoms with Crippen LogP contribution in [0.5, 0.6) is 5.75 Å². The molecule has 10 heteroatoms. The second-order valence-electron chi connectivity index (χ2n) is 7.38. The van der Waals surface area contributed by atoms with Crippen molar-refractivity contribution in [1.29, 1.82) is 0 Å². The van der Waals surface area contributed by atoms with Crippen LogP contribution in [0.25, 0.3) is 0 Å². The van der Waals surface area contributed by atoms with Crippen molar-refractivity contribution in [3.63, 3.8) is 0 Å². The number of amides is 1. The number of halogens is 1. The zero-order chi connectivity index (χ0) is 21.8. The highest BCUT2D eigenvalue weighted by molar-refractivity contribution is 7.89. The number of hydrogen-bond donors (Lipinski definition) is 1. The maximum absolute atomic E-state index is 12.8. The van der Waals surface area contributed by atoms with Crippen LogP contribution in [0.15, 0.2) is 29.4 Å². The molecule has 0 bridgehead atoms. The Morgan fingerprint density at radius 3 is 2.62 bits per heavy atom. The van der Waals surface area contributed by atoms with Crippen molar-refractivity contribution in [3.8, 4) is 5.75 Å². The van der Waals surface area contributed by atoms with Gasteiger partial charge in [-0.2, -0.15) is 4.99 Å². The fourth-order valence-corrected chi connectivity index (χ4v) is 4.24. The SMILES string of the molecule is CCS(=O)(=O)NCCn1cc(C(C)(C)C)s/c1=N\C(=O)c1cc(Cl)ccc1OC. The van der Waals surface area contributed by atoms with Crippen molar-refractivity contribution in [2.75, 3.05) is 19.4 Å². The summed E-state index contributed by atoms with van der Waals surface area (Å²) in [7, 11) is -1.82. The minimum absolute atomic E-state index is 0.0127. The summed E-state index contributed by atoms with van der Waals surface area (Å²) in [5.41, 5.74) is 0.129. The van der Waals surface area contributed by atoms with Gasteiger partial charge in [-0.1, -0.05) is 32.4 Å². The number of carbonyl (C=O) groups is 1. The summed E-state index contributed by atoms with van der Waals surface area (Å²) in [6.45, 7) is 8.33. The van der Waals surface area contributed by atoms with Crippen LogP contribution in [0.2, 0.25) is 5.02 Å². The number of sulfonamides is 1. The van der Waals surface area contributed by atoms with Crippen molar-refractivity contribution >= 4 is 38.9 Å². The minimum atomic E-state index is -3.29. The number of thiazole rings is 1. The number of nitrogens with one attached hydrogen (secondary N) is 1. The summed E-state index contributed by atoms with van der Waals surface area (Å²) >= 11 is 7.42. The second-order valence-corrected chi connectivity index (χ2v) is 10.9. The molecule has 29 heavy (non-hydrogen) atoms. The van der Waals surface area contributed by atoms with E-state index in [-0.39, 0.29) is 23.3 Å². The summed E-state index contributed by atoms with van der Waals surface area (Å²) in [6, 6.07) is 4.78. The molecule has 0 spiro atoms. The third-order valence-electron chi connectivity index (χ3n) is 4.10. The van der Waals surface area contributed by atoms with E-state index in [9.17, 15) is 13.2 Å². The molecule has 0 aliphatic carbocycles. The van der Waals surface area contributed by atoms with Gasteiger partial charge >= 0.3 is 0 Å². The first-order valence-corrected chi connectivity index (χ1v) is 11.9. The molecule has 160 valence electrons. The van der Waals surface area contributed by atoms with E-state index in [4.69, 9.17) is 16.3 Å². The molecule has 1 amide bonds. The van der Waals surface area contributed by atoms with Gasteiger partial charge < -0.3 is 9.30 Å². The number of nitrogens with zero attached hydrogens (tertiary/aromatic N) is 2. The van der Waals surface area contributed by atoms with Gasteiger partial charge in [-0.15, -0.1) is 11.3 Å². The molecular formula is C19H26ClN3O4S2. The van der Waals surface area contributed by atoms with Crippen LogP contribution < -0.4 is 14.3 Å². The van der Waals surface area contributed by atoms with Gasteiger partial charge in [-0.3, -0.25) is 4.79 Å². The highest BCUT2D eigenvalue weighted by Gasteiger charge is 2.19. The van der Waals surface area contributed by atoms with Gasteiger partial charge in [-0.05, 0) is 30.5 Å². The lowest BCUT2D eigenvalue weighted by Gasteiger charge is -2.14. The molecule has 0 atom stereocenters. The third-order valence-corrected chi connectivity index (χ3v) is 7.19. The average Bonchev–Trinajstić information content (AvgIpc) is 3.04. The van der Waals surface area contributed by atoms with Crippen molar-refractivity contribution in [2.24, 2.45) is 4.99 Å². The van der Waals surface area contributed by atoms with Crippen molar-refractivity contribution in [2.45, 2.75) is 39.7 Å². The first kappa shape index (κ1) is 23.6. The number of hydrogen-bond acceptors (Lipinski definition) is 5. The van der Waals surface area contributed by atoms with Crippen LogP contribution in [-0.4, -0.2) is 38.3 Å². The van der Waals surface area contributed by atoms with Gasteiger partial charge in [-0.25, -0.2) is 13.1 Å². The number of aromatic nitrogens is 1. The molecule has 0 aliphatic rings. The summed E-state index contributed by atoms with van der Waals surface area (Å²) in [5, 5.41) is 0.410. The Kier molecular flexibility index (Phi) is 7.67. The van der Waals surface area contributed by atoms with Crippen molar-refractivity contribution in [1.82, 2.24) is 9.29 Å². The van der Waals surface area contributed by atoms with E-state index >= 15 is 0 Å². The fraction of sp³-hybridized carbons (Fsp3) is 0.474. The lowest BCUT2D eigenvalue weighted by Crippen LogP contribution is -2.30. The predicted octanol–water partition coefficient (Wildman–Crippen LogP) is 3.19. The highest BCUT2D eigenvalue weighted by atomic mass is 35.5. The van der Waals surface area contributed by atoms with Gasteiger partial charge in [0.05, 0.1) is 18.4 Å². The second kappa shape index (κ2) is 9.42. The quantitative estimate of drug-likeness (QED) is 0.688. The molecule has 1 aromatic carbocycles. The maximum Gasteiger partial charge on any atom is 0.283 e. The molecule has 1 N–H and O–H groups in total. The van der Waals surface area contributed by atoms with E-state index in [1.165, 1.54) is 24.5 Å². The molecule has 0 fully saturated rings. The first-order chi connectivity index (χ1) is 13.5. The first-order valence-electron chi connectivity index (χ1n) is 9.07. The van der Waals surface area contributed by atoms with Crippen LogP contribution in [0.4, 0.5) is 0 Å². The van der Waals surface area contributed by atoms with Crippen molar-refractivity contribution in [3.05, 3.63) is 44.7 Å². The van der Waals surface area contributed by atoms with E-state index < -0.39 is 15.9 Å². The minimum Gasteiger partial charge on any atom is -0.496 e. The Morgan fingerprint density at radius 1 is 1.34 bits per heavy atom. The Balaban J connectivity index is 2.43. The molecule has 1 heterocycles. The third kappa shape index (κ3) is 6.40. The molecule has 0 radical (unpaired) electrons. The molecular weight excluding hydrogens is 434 g/mol. The van der Waals surface area contributed by atoms with Gasteiger partial charge in [0, 0.05) is 29.2 Å². The van der Waals surface area contributed by atoms with Gasteiger partial charge in [0.25, 0.3) is 5.91 Å². The zero-order valence-corrected chi connectivity index (χ0v) is 19.5. The van der Waals surface area contributed by atoms with Gasteiger partial charge in [0.1, 0.15) is 5.75 Å². The van der Waals surface area contributed by atoms with Gasteiger partial charge in [0.2, 0.25) is 10.0 Å². The molecule has 2 aromatic rings. The van der Waals surface area contributed by atoms with Crippen LogP contribution in [0.1, 0.15) is 42.9 Å². The molecule has 0 saturated heterocycles. The number of rotatable bonds is 7. The monoisotopic (exact) mass is 459 g/mol. The Labute approximate surface area is 180 Å². The Hall–Kier alpha value is -1.68. The van der Waals surface area contributed by atoms with E-state index in [0.29, 0.717) is 22.1 Å². The predicted molar refractivity (Wildman–Crippen MR) is 116 cm³/mol. The number of methoxy groups -OCH3 is 1. The number of ether oxygens (including phenoxy) is 1. The Morgan fingerprint density at radius 2 is 2.03 bits per heavy atom. The van der Waals surface area contributed by atoms with E-state index in [1.54, 1.807) is 23.6 Å². The molecule has 0 saturated carbocycles. The fourth-order valence-electron chi connectivity index (χ4n) is 2.39. The van der Waals surface area contributed by atoms with Crippen LogP contribution in [0.3, 0.4) is 0 Å². The Bertz CT molecular complexity index is 1050. The molecule has 0 unspecified atom stereocenters. The van der Waals surface area contributed by atoms with E-state index in [1.807, 2.05) is 6.20 Å². The van der Waals surface area contributed by atoms with Crippen LogP contribution in [0, 0.1) is 0 Å². The molecule has 1 aromatic heterocycles. The van der Waals surface area contributed by atoms with E-state index in [2.05, 4.69) is 30.5 Å². The summed E-state index contributed by atoms with van der Waals surface area (Å²) in [5.74, 6) is -0.0775. The summed E-state index contributed by atoms with van der Waals surface area (Å²) < 4.78 is 32.9.